The molecule has 2 rings (SSSR count). The highest BCUT2D eigenvalue weighted by Gasteiger charge is 2.34. The highest BCUT2D eigenvalue weighted by molar-refractivity contribution is 5.75. The normalized spacial score (nSPS) is 38.0. The van der Waals surface area contributed by atoms with Gasteiger partial charge >= 0.3 is 0 Å². The quantitative estimate of drug-likeness (QED) is 0.336. The summed E-state index contributed by atoms with van der Waals surface area (Å²) < 4.78 is 5.10. The molecule has 2 unspecified atom stereocenters. The van der Waals surface area contributed by atoms with Crippen molar-refractivity contribution >= 4 is 17.4 Å². The molecule has 0 saturated carbocycles. The maximum absolute atomic E-state index is 5.10. The Labute approximate surface area is 59.2 Å². The van der Waals surface area contributed by atoms with E-state index in [2.05, 4.69) is 12.2 Å². The van der Waals surface area contributed by atoms with Gasteiger partial charge in [0.2, 0.25) is 0 Å². The lowest BCUT2D eigenvalue weighted by atomic mass is 10.2. The van der Waals surface area contributed by atoms with E-state index < -0.39 is 0 Å². The Morgan fingerprint density at radius 1 is 1.00 bits per heavy atom. The van der Waals surface area contributed by atoms with Crippen LogP contribution >= 0.6 is 0 Å². The molecule has 2 heteroatoms. The highest BCUT2D eigenvalue weighted by Crippen LogP contribution is 2.26. The number of hydrogen-bond donors (Lipinski definition) is 0. The number of hydrogen-bond acceptors (Lipinski definition) is 1. The minimum atomic E-state index is 0. The summed E-state index contributed by atoms with van der Waals surface area (Å²) in [5.74, 6) is 0. The van der Waals surface area contributed by atoms with Gasteiger partial charge in [0.15, 0.2) is 0 Å². The molecule has 0 aromatic carbocycles. The van der Waals surface area contributed by atoms with E-state index in [1.807, 2.05) is 12.2 Å². The third kappa shape index (κ3) is 0.878. The van der Waals surface area contributed by atoms with E-state index in [4.69, 9.17) is 4.74 Å². The maximum Gasteiger partial charge on any atom is 0.107 e. The van der Waals surface area contributed by atoms with Crippen molar-refractivity contribution < 1.29 is 4.74 Å². The molecule has 0 N–H and O–H groups in total. The van der Waals surface area contributed by atoms with E-state index in [9.17, 15) is 0 Å². The van der Waals surface area contributed by atoms with Gasteiger partial charge < -0.3 is 4.74 Å². The zero-order valence-electron chi connectivity index (χ0n) is 4.45. The molecule has 1 heterocycles. The molecular weight excluding hydrogens is 115 g/mol. The summed E-state index contributed by atoms with van der Waals surface area (Å²) in [6.45, 7) is 0. The van der Waals surface area contributed by atoms with Crippen molar-refractivity contribution in [2.75, 3.05) is 0 Å². The van der Waals surface area contributed by atoms with Crippen molar-refractivity contribution in [1.29, 1.82) is 0 Å². The van der Waals surface area contributed by atoms with Gasteiger partial charge in [-0.05, 0) is 0 Å². The second-order valence-corrected chi connectivity index (χ2v) is 1.84. The molecule has 0 spiro atoms. The Morgan fingerprint density at radius 2 is 1.50 bits per heavy atom. The van der Waals surface area contributed by atoms with Gasteiger partial charge in [-0.2, -0.15) is 0 Å². The van der Waals surface area contributed by atoms with Gasteiger partial charge in [-0.15, -0.1) is 0 Å². The van der Waals surface area contributed by atoms with Crippen molar-refractivity contribution in [1.82, 2.24) is 0 Å². The van der Waals surface area contributed by atoms with E-state index in [-0.39, 0.29) is 17.4 Å². The van der Waals surface area contributed by atoms with Gasteiger partial charge in [0.25, 0.3) is 0 Å². The summed E-state index contributed by atoms with van der Waals surface area (Å²) in [4.78, 5) is 0. The zero-order valence-corrected chi connectivity index (χ0v) is 5.60. The zero-order chi connectivity index (χ0) is 4.69. The molecule has 0 bridgehead atoms. The molecule has 1 aliphatic carbocycles. The first-order valence-corrected chi connectivity index (χ1v) is 2.47. The molecule has 3 radical (unpaired) electrons. The van der Waals surface area contributed by atoms with Crippen LogP contribution in [0.1, 0.15) is 0 Å². The lowest BCUT2D eigenvalue weighted by Gasteiger charge is -1.81. The third-order valence-electron chi connectivity index (χ3n) is 1.27. The van der Waals surface area contributed by atoms with Crippen molar-refractivity contribution in [2.45, 2.75) is 12.2 Å². The van der Waals surface area contributed by atoms with Gasteiger partial charge in [-0.3, -0.25) is 0 Å². The smallest absolute Gasteiger partial charge is 0.107 e. The summed E-state index contributed by atoms with van der Waals surface area (Å²) in [6.07, 6.45) is 9.06. The predicted octanol–water partition coefficient (Wildman–Crippen LogP) is 0.499. The molecular formula is C6H6AlO. The average Bonchev–Trinajstić information content (AvgIpc) is 2.41. The molecule has 2 atom stereocenters. The molecule has 1 fully saturated rings. The number of allylic oxidation sites excluding steroid dienone is 2. The van der Waals surface area contributed by atoms with Crippen LogP contribution in [0.25, 0.3) is 0 Å². The summed E-state index contributed by atoms with van der Waals surface area (Å²) in [5.41, 5.74) is 0. The van der Waals surface area contributed by atoms with Crippen LogP contribution in [0.5, 0.6) is 0 Å². The summed E-state index contributed by atoms with van der Waals surface area (Å²) in [7, 11) is 0. The van der Waals surface area contributed by atoms with E-state index in [0.29, 0.717) is 12.2 Å². The molecule has 2 aliphatic rings. The van der Waals surface area contributed by atoms with Crippen molar-refractivity contribution in [3.8, 4) is 0 Å². The van der Waals surface area contributed by atoms with Crippen LogP contribution in [0.3, 0.4) is 0 Å². The Bertz CT molecular complexity index is 123. The fourth-order valence-electron chi connectivity index (χ4n) is 0.793. The lowest BCUT2D eigenvalue weighted by Crippen LogP contribution is -1.86. The van der Waals surface area contributed by atoms with Crippen LogP contribution in [0.15, 0.2) is 24.3 Å². The van der Waals surface area contributed by atoms with Crippen molar-refractivity contribution in [3.05, 3.63) is 24.3 Å². The number of fused-ring (bicyclic) bond motifs is 1. The van der Waals surface area contributed by atoms with Gasteiger partial charge in [-0.1, -0.05) is 24.3 Å². The van der Waals surface area contributed by atoms with Crippen LogP contribution in [0.2, 0.25) is 0 Å². The third-order valence-corrected chi connectivity index (χ3v) is 1.27. The van der Waals surface area contributed by atoms with E-state index in [0.717, 1.165) is 0 Å². The second kappa shape index (κ2) is 2.07. The maximum atomic E-state index is 5.10. The lowest BCUT2D eigenvalue weighted by molar-refractivity contribution is 0.414. The summed E-state index contributed by atoms with van der Waals surface area (Å²) >= 11 is 0. The Morgan fingerprint density at radius 3 is 1.88 bits per heavy atom. The summed E-state index contributed by atoms with van der Waals surface area (Å²) in [5, 5.41) is 0. The molecule has 0 aromatic heterocycles. The van der Waals surface area contributed by atoms with E-state index in [1.165, 1.54) is 0 Å². The fourth-order valence-corrected chi connectivity index (χ4v) is 0.793. The van der Waals surface area contributed by atoms with Crippen LogP contribution in [-0.4, -0.2) is 29.6 Å². The molecule has 1 nitrogen and oxygen atoms in total. The molecule has 39 valence electrons. The largest absolute Gasteiger partial charge is 0.361 e. The standard InChI is InChI=1S/C6H6O.Al/c1-2-4-6-5(3-1)7-6;/h1-6H;. The minimum absolute atomic E-state index is 0. The van der Waals surface area contributed by atoms with Crippen LogP contribution < -0.4 is 0 Å². The first-order valence-electron chi connectivity index (χ1n) is 2.47. The highest BCUT2D eigenvalue weighted by atomic mass is 27.0. The SMILES string of the molecule is C1=CC2OC2C=C1.[Al]. The van der Waals surface area contributed by atoms with Crippen molar-refractivity contribution in [3.63, 3.8) is 0 Å². The number of epoxide rings is 1. The molecule has 1 aliphatic heterocycles. The van der Waals surface area contributed by atoms with E-state index in [1.54, 1.807) is 0 Å². The van der Waals surface area contributed by atoms with E-state index >= 15 is 0 Å². The Hall–Kier alpha value is -0.0275. The molecule has 0 amide bonds. The number of ether oxygens (including phenoxy) is 1. The second-order valence-electron chi connectivity index (χ2n) is 1.84. The predicted molar refractivity (Wildman–Crippen MR) is 32.7 cm³/mol. The van der Waals surface area contributed by atoms with Gasteiger partial charge in [0.05, 0.1) is 0 Å². The molecule has 0 aromatic rings. The monoisotopic (exact) mass is 121 g/mol. The molecule has 1 saturated heterocycles. The number of rotatable bonds is 0. The van der Waals surface area contributed by atoms with Crippen molar-refractivity contribution in [2.24, 2.45) is 0 Å². The first-order chi connectivity index (χ1) is 3.47. The summed E-state index contributed by atoms with van der Waals surface area (Å²) in [6, 6.07) is 0. The van der Waals surface area contributed by atoms with Gasteiger partial charge in [0, 0.05) is 17.4 Å². The first kappa shape index (κ1) is 6.10. The average molecular weight is 121 g/mol. The Kier molecular flexibility index (Phi) is 1.57. The topological polar surface area (TPSA) is 12.5 Å². The fraction of sp³-hybridized carbons (Fsp3) is 0.333. The van der Waals surface area contributed by atoms with Crippen LogP contribution in [0.4, 0.5) is 0 Å². The Balaban J connectivity index is 0.000000320. The van der Waals surface area contributed by atoms with Crippen LogP contribution in [0, 0.1) is 0 Å². The van der Waals surface area contributed by atoms with Gasteiger partial charge in [0.1, 0.15) is 12.2 Å². The minimum Gasteiger partial charge on any atom is -0.361 e. The van der Waals surface area contributed by atoms with Crippen LogP contribution in [-0.2, 0) is 4.74 Å². The molecule has 8 heavy (non-hydrogen) atoms. The van der Waals surface area contributed by atoms with Gasteiger partial charge in [-0.25, -0.2) is 0 Å².